The van der Waals surface area contributed by atoms with Gasteiger partial charge in [-0.15, -0.1) is 0 Å². The number of amides is 1. The van der Waals surface area contributed by atoms with Crippen LogP contribution in [0.2, 0.25) is 0 Å². The van der Waals surface area contributed by atoms with Gasteiger partial charge in [-0.3, -0.25) is 9.59 Å². The molecule has 2 aliphatic heterocycles. The Kier molecular flexibility index (Phi) is 8.32. The van der Waals surface area contributed by atoms with Crippen LogP contribution in [0, 0.1) is 11.6 Å². The Hall–Kier alpha value is -3.57. The first kappa shape index (κ1) is 28.0. The van der Waals surface area contributed by atoms with Crippen molar-refractivity contribution in [1.29, 1.82) is 0 Å². The van der Waals surface area contributed by atoms with Gasteiger partial charge >= 0.3 is 0 Å². The number of rotatable bonds is 9. The molecule has 0 spiro atoms. The maximum absolute atomic E-state index is 13.6. The summed E-state index contributed by atoms with van der Waals surface area (Å²) in [7, 11) is 3.59. The average Bonchev–Trinajstić information content (AvgIpc) is 3.32. The van der Waals surface area contributed by atoms with Crippen molar-refractivity contribution in [1.82, 2.24) is 14.9 Å². The van der Waals surface area contributed by atoms with Gasteiger partial charge in [0.1, 0.15) is 23.1 Å². The molecule has 2 aromatic carbocycles. The number of aromatic nitrogens is 2. The summed E-state index contributed by atoms with van der Waals surface area (Å²) in [6.45, 7) is 0.928. The molecule has 0 saturated carbocycles. The first-order valence-corrected chi connectivity index (χ1v) is 14.6. The fourth-order valence-corrected chi connectivity index (χ4v) is 6.47. The van der Waals surface area contributed by atoms with E-state index in [0.717, 1.165) is 5.69 Å². The molecule has 1 fully saturated rings. The lowest BCUT2D eigenvalue weighted by Crippen LogP contribution is -2.43. The number of benzene rings is 2. The number of halogens is 2. The van der Waals surface area contributed by atoms with E-state index in [1.54, 1.807) is 24.1 Å². The first-order chi connectivity index (χ1) is 19.2. The van der Waals surface area contributed by atoms with Crippen molar-refractivity contribution in [3.05, 3.63) is 77.0 Å². The number of ketones is 1. The van der Waals surface area contributed by atoms with Crippen molar-refractivity contribution in [2.75, 3.05) is 43.2 Å². The summed E-state index contributed by atoms with van der Waals surface area (Å²) in [6.07, 6.45) is 2.04. The van der Waals surface area contributed by atoms with E-state index in [4.69, 9.17) is 9.97 Å². The van der Waals surface area contributed by atoms with E-state index in [1.807, 2.05) is 11.9 Å². The molecule has 1 saturated heterocycles. The molecule has 40 heavy (non-hydrogen) atoms. The minimum absolute atomic E-state index is 0.0198. The van der Waals surface area contributed by atoms with Gasteiger partial charge in [0.05, 0.1) is 0 Å². The summed E-state index contributed by atoms with van der Waals surface area (Å²) in [4.78, 5) is 39.0. The highest BCUT2D eigenvalue weighted by molar-refractivity contribution is 7.91. The number of nitrogens with zero attached hydrogens (tertiary/aromatic N) is 4. The number of nitrogens with one attached hydrogen (secondary N) is 1. The number of likely N-dealkylation sites (tertiary alicyclic amines) is 1. The lowest BCUT2D eigenvalue weighted by Gasteiger charge is -2.31. The monoisotopic (exact) mass is 567 g/mol. The number of likely N-dealkylation sites (N-methyl/N-ethyl adjacent to an activating group) is 1. The number of anilines is 2. The third-order valence-corrected chi connectivity index (χ3v) is 8.91. The van der Waals surface area contributed by atoms with Crippen LogP contribution in [-0.2, 0) is 22.4 Å². The smallest absolute Gasteiger partial charge is 0.227 e. The predicted octanol–water partition coefficient (Wildman–Crippen LogP) is 3.94. The molecular formula is C29H31F2N5O3S. The summed E-state index contributed by atoms with van der Waals surface area (Å²) in [5.74, 6) is -0.0759. The molecule has 0 radical (unpaired) electrons. The lowest BCUT2D eigenvalue weighted by atomic mass is 9.88. The van der Waals surface area contributed by atoms with Crippen molar-refractivity contribution < 1.29 is 22.9 Å². The SMILES string of the molecule is CN1C[C@@H](Nc2nc(N(C)CCC(C(=O)c3ccc(F)cc3)c3ccc(F)cc3)nc3c2[S+]([O-])CC3)CCC1=O. The van der Waals surface area contributed by atoms with Gasteiger partial charge in [-0.05, 0) is 66.0 Å². The maximum atomic E-state index is 13.6. The lowest BCUT2D eigenvalue weighted by molar-refractivity contribution is -0.132. The van der Waals surface area contributed by atoms with E-state index in [0.29, 0.717) is 72.3 Å². The summed E-state index contributed by atoms with van der Waals surface area (Å²) in [6, 6.07) is 11.2. The summed E-state index contributed by atoms with van der Waals surface area (Å²) in [5.41, 5.74) is 1.76. The predicted molar refractivity (Wildman–Crippen MR) is 149 cm³/mol. The minimum atomic E-state index is -1.21. The first-order valence-electron chi connectivity index (χ1n) is 13.3. The number of hydrogen-bond acceptors (Lipinski definition) is 7. The largest absolute Gasteiger partial charge is 0.611 e. The van der Waals surface area contributed by atoms with E-state index < -0.39 is 28.7 Å². The number of Topliss-reactive ketones (excluding diaryl/α,β-unsaturated/α-hetero) is 1. The minimum Gasteiger partial charge on any atom is -0.611 e. The molecule has 5 rings (SSSR count). The number of hydrogen-bond donors (Lipinski definition) is 1. The van der Waals surface area contributed by atoms with Gasteiger partial charge in [-0.25, -0.2) is 13.8 Å². The zero-order valence-corrected chi connectivity index (χ0v) is 23.2. The molecule has 1 N–H and O–H groups in total. The van der Waals surface area contributed by atoms with E-state index >= 15 is 0 Å². The Morgan fingerprint density at radius 1 is 1.12 bits per heavy atom. The van der Waals surface area contributed by atoms with E-state index in [2.05, 4.69) is 5.32 Å². The van der Waals surface area contributed by atoms with Gasteiger partial charge in [0.2, 0.25) is 16.8 Å². The zero-order chi connectivity index (χ0) is 28.4. The third kappa shape index (κ3) is 6.10. The average molecular weight is 568 g/mol. The highest BCUT2D eigenvalue weighted by Gasteiger charge is 2.34. The quantitative estimate of drug-likeness (QED) is 0.309. The molecule has 2 unspecified atom stereocenters. The molecule has 2 aliphatic rings. The standard InChI is InChI=1S/C29H31F2N5O3S/c1-35(15-13-23(18-3-7-20(30)8-4-18)26(38)19-5-9-21(31)10-6-19)29-33-24-14-16-40(39)27(24)28(34-29)32-22-11-12-25(37)36(2)17-22/h3-10,22-23H,11-17H2,1-2H3,(H,32,33,34)/t22-,23?,40?/m0/s1. The van der Waals surface area contributed by atoms with E-state index in [1.165, 1.54) is 36.4 Å². The van der Waals surface area contributed by atoms with Gasteiger partial charge in [-0.1, -0.05) is 12.1 Å². The van der Waals surface area contributed by atoms with Gasteiger partial charge in [0, 0.05) is 57.5 Å². The molecule has 3 heterocycles. The van der Waals surface area contributed by atoms with Crippen molar-refractivity contribution in [3.63, 3.8) is 0 Å². The molecule has 0 bridgehead atoms. The highest BCUT2D eigenvalue weighted by atomic mass is 32.2. The number of fused-ring (bicyclic) bond motifs is 1. The van der Waals surface area contributed by atoms with Crippen LogP contribution in [0.5, 0.6) is 0 Å². The van der Waals surface area contributed by atoms with Crippen molar-refractivity contribution in [2.24, 2.45) is 0 Å². The summed E-state index contributed by atoms with van der Waals surface area (Å²) in [5, 5.41) is 3.41. The normalized spacial score (nSPS) is 19.3. The number of aryl methyl sites for hydroxylation is 1. The zero-order valence-electron chi connectivity index (χ0n) is 22.4. The van der Waals surface area contributed by atoms with Crippen LogP contribution in [0.1, 0.15) is 46.8 Å². The summed E-state index contributed by atoms with van der Waals surface area (Å²) >= 11 is -1.21. The fourth-order valence-electron chi connectivity index (χ4n) is 5.16. The Morgan fingerprint density at radius 2 is 1.80 bits per heavy atom. The highest BCUT2D eigenvalue weighted by Crippen LogP contribution is 2.33. The van der Waals surface area contributed by atoms with Crippen LogP contribution < -0.4 is 10.2 Å². The second-order valence-corrected chi connectivity index (χ2v) is 11.8. The molecule has 1 amide bonds. The van der Waals surface area contributed by atoms with Crippen LogP contribution in [-0.4, -0.2) is 70.1 Å². The van der Waals surface area contributed by atoms with Crippen molar-refractivity contribution in [3.8, 4) is 0 Å². The molecule has 0 aliphatic carbocycles. The Bertz CT molecular complexity index is 1390. The Labute approximate surface area is 235 Å². The number of carbonyl (C=O) groups excluding carboxylic acids is 2. The van der Waals surface area contributed by atoms with Crippen LogP contribution in [0.3, 0.4) is 0 Å². The summed E-state index contributed by atoms with van der Waals surface area (Å²) < 4.78 is 39.9. The van der Waals surface area contributed by atoms with Crippen LogP contribution in [0.15, 0.2) is 53.4 Å². The topological polar surface area (TPSA) is 101 Å². The molecular weight excluding hydrogens is 536 g/mol. The molecule has 210 valence electrons. The number of carbonyl (C=O) groups is 2. The van der Waals surface area contributed by atoms with Crippen LogP contribution in [0.25, 0.3) is 0 Å². The third-order valence-electron chi connectivity index (χ3n) is 7.46. The Morgan fingerprint density at radius 3 is 2.48 bits per heavy atom. The Balaban J connectivity index is 1.37. The molecule has 3 atom stereocenters. The molecule has 8 nitrogen and oxygen atoms in total. The second-order valence-electron chi connectivity index (χ2n) is 10.3. The molecule has 11 heteroatoms. The van der Waals surface area contributed by atoms with Crippen LogP contribution >= 0.6 is 0 Å². The number of piperidine rings is 1. The van der Waals surface area contributed by atoms with Crippen LogP contribution in [0.4, 0.5) is 20.5 Å². The van der Waals surface area contributed by atoms with Crippen molar-refractivity contribution in [2.45, 2.75) is 42.5 Å². The van der Waals surface area contributed by atoms with Crippen molar-refractivity contribution >= 4 is 34.6 Å². The van der Waals surface area contributed by atoms with E-state index in [9.17, 15) is 22.9 Å². The van der Waals surface area contributed by atoms with Gasteiger partial charge < -0.3 is 19.7 Å². The molecule has 1 aromatic heterocycles. The van der Waals surface area contributed by atoms with Gasteiger partial charge in [-0.2, -0.15) is 4.98 Å². The van der Waals surface area contributed by atoms with E-state index in [-0.39, 0.29) is 17.7 Å². The van der Waals surface area contributed by atoms with Gasteiger partial charge in [0.25, 0.3) is 0 Å². The van der Waals surface area contributed by atoms with Gasteiger partial charge in [0.15, 0.2) is 11.6 Å². The maximum Gasteiger partial charge on any atom is 0.227 e. The second kappa shape index (κ2) is 11.9. The molecule has 3 aromatic rings. The fraction of sp³-hybridized carbons (Fsp3) is 0.379.